The number of ether oxygens (including phenoxy) is 1. The van der Waals surface area contributed by atoms with Crippen molar-refractivity contribution in [2.75, 3.05) is 18.1 Å². The highest BCUT2D eigenvalue weighted by molar-refractivity contribution is 7.99. The summed E-state index contributed by atoms with van der Waals surface area (Å²) in [4.78, 5) is 11.2. The van der Waals surface area contributed by atoms with Gasteiger partial charge in [0, 0.05) is 0 Å². The van der Waals surface area contributed by atoms with Gasteiger partial charge < -0.3 is 4.74 Å². The van der Waals surface area contributed by atoms with Crippen LogP contribution in [0.15, 0.2) is 0 Å². The molecule has 0 rings (SSSR count). The second kappa shape index (κ2) is 9.94. The van der Waals surface area contributed by atoms with Crippen LogP contribution in [0.2, 0.25) is 0 Å². The molecule has 0 radical (unpaired) electrons. The van der Waals surface area contributed by atoms with E-state index in [-0.39, 0.29) is 5.97 Å². The molecule has 0 aromatic rings. The highest BCUT2D eigenvalue weighted by atomic mass is 32.2. The van der Waals surface area contributed by atoms with Gasteiger partial charge >= 0.3 is 5.97 Å². The Morgan fingerprint density at radius 1 is 1.44 bits per heavy atom. The standard InChI is InChI=1S/C12H23FO2S/c1-4-11(13)6-5-7-16-9-12(14)15-8-10(2)3/h10-11H,4-9H2,1-3H3. The minimum absolute atomic E-state index is 0.161. The van der Waals surface area contributed by atoms with Gasteiger partial charge in [-0.05, 0) is 30.9 Å². The predicted octanol–water partition coefficient (Wildman–Crippen LogP) is 3.45. The summed E-state index contributed by atoms with van der Waals surface area (Å²) in [7, 11) is 0. The molecule has 0 N–H and O–H groups in total. The third-order valence-corrected chi connectivity index (χ3v) is 3.06. The van der Waals surface area contributed by atoms with Crippen molar-refractivity contribution in [1.29, 1.82) is 0 Å². The van der Waals surface area contributed by atoms with Gasteiger partial charge in [-0.15, -0.1) is 0 Å². The van der Waals surface area contributed by atoms with E-state index in [9.17, 15) is 9.18 Å². The zero-order chi connectivity index (χ0) is 12.4. The van der Waals surface area contributed by atoms with E-state index in [0.29, 0.717) is 31.1 Å². The number of hydrogen-bond acceptors (Lipinski definition) is 3. The Morgan fingerprint density at radius 2 is 2.12 bits per heavy atom. The van der Waals surface area contributed by atoms with Crippen LogP contribution in [0.4, 0.5) is 4.39 Å². The first-order valence-corrected chi connectivity index (χ1v) is 7.09. The van der Waals surface area contributed by atoms with Gasteiger partial charge in [0.2, 0.25) is 0 Å². The number of carbonyl (C=O) groups is 1. The monoisotopic (exact) mass is 250 g/mol. The minimum Gasteiger partial charge on any atom is -0.465 e. The van der Waals surface area contributed by atoms with Gasteiger partial charge in [-0.1, -0.05) is 20.8 Å². The molecule has 0 saturated heterocycles. The van der Waals surface area contributed by atoms with E-state index in [2.05, 4.69) is 0 Å². The van der Waals surface area contributed by atoms with Gasteiger partial charge in [0.25, 0.3) is 0 Å². The molecule has 0 aromatic carbocycles. The van der Waals surface area contributed by atoms with Gasteiger partial charge in [-0.3, -0.25) is 4.79 Å². The Hall–Kier alpha value is -0.250. The number of alkyl halides is 1. The van der Waals surface area contributed by atoms with Crippen LogP contribution in [0.1, 0.15) is 40.0 Å². The van der Waals surface area contributed by atoms with Crippen molar-refractivity contribution >= 4 is 17.7 Å². The minimum atomic E-state index is -0.687. The summed E-state index contributed by atoms with van der Waals surface area (Å²) in [5.74, 6) is 1.43. The molecular weight excluding hydrogens is 227 g/mol. The highest BCUT2D eigenvalue weighted by Crippen LogP contribution is 2.11. The van der Waals surface area contributed by atoms with Crippen LogP contribution >= 0.6 is 11.8 Å². The molecular formula is C12H23FO2S. The zero-order valence-corrected chi connectivity index (χ0v) is 11.3. The average molecular weight is 250 g/mol. The fraction of sp³-hybridized carbons (Fsp3) is 0.917. The number of rotatable bonds is 9. The maximum Gasteiger partial charge on any atom is 0.315 e. The lowest BCUT2D eigenvalue weighted by Gasteiger charge is -2.07. The van der Waals surface area contributed by atoms with Gasteiger partial charge in [0.1, 0.15) is 0 Å². The molecule has 0 spiro atoms. The molecule has 0 aliphatic carbocycles. The predicted molar refractivity (Wildman–Crippen MR) is 67.5 cm³/mol. The van der Waals surface area contributed by atoms with Crippen molar-refractivity contribution in [3.8, 4) is 0 Å². The first kappa shape index (κ1) is 15.8. The summed E-state index contributed by atoms with van der Waals surface area (Å²) in [5, 5.41) is 0. The fourth-order valence-electron chi connectivity index (χ4n) is 1.07. The number of esters is 1. The first-order valence-electron chi connectivity index (χ1n) is 5.93. The summed E-state index contributed by atoms with van der Waals surface area (Å²) in [6, 6.07) is 0. The molecule has 1 unspecified atom stereocenters. The lowest BCUT2D eigenvalue weighted by atomic mass is 10.2. The Morgan fingerprint density at radius 3 is 2.69 bits per heavy atom. The topological polar surface area (TPSA) is 26.3 Å². The fourth-order valence-corrected chi connectivity index (χ4v) is 1.83. The quantitative estimate of drug-likeness (QED) is 0.463. The van der Waals surface area contributed by atoms with Gasteiger partial charge in [-0.25, -0.2) is 4.39 Å². The van der Waals surface area contributed by atoms with Gasteiger partial charge in [0.15, 0.2) is 0 Å². The zero-order valence-electron chi connectivity index (χ0n) is 10.5. The lowest BCUT2D eigenvalue weighted by Crippen LogP contribution is -2.12. The molecule has 0 aliphatic rings. The largest absolute Gasteiger partial charge is 0.465 e. The van der Waals surface area contributed by atoms with E-state index < -0.39 is 6.17 Å². The maximum atomic E-state index is 12.8. The average Bonchev–Trinajstić information content (AvgIpc) is 2.25. The molecule has 16 heavy (non-hydrogen) atoms. The normalized spacial score (nSPS) is 12.8. The summed E-state index contributed by atoms with van der Waals surface area (Å²) in [6.07, 6.45) is 1.33. The van der Waals surface area contributed by atoms with Crippen LogP contribution in [0, 0.1) is 5.92 Å². The van der Waals surface area contributed by atoms with Gasteiger partial charge in [0.05, 0.1) is 18.5 Å². The number of hydrogen-bond donors (Lipinski definition) is 0. The smallest absolute Gasteiger partial charge is 0.315 e. The molecule has 4 heteroatoms. The second-order valence-corrected chi connectivity index (χ2v) is 5.38. The van der Waals surface area contributed by atoms with Crippen LogP contribution in [0.3, 0.4) is 0 Å². The van der Waals surface area contributed by atoms with Gasteiger partial charge in [-0.2, -0.15) is 11.8 Å². The number of carbonyl (C=O) groups excluding carboxylic acids is 1. The van der Waals surface area contributed by atoms with E-state index in [1.165, 1.54) is 11.8 Å². The molecule has 0 amide bonds. The number of halogens is 1. The SMILES string of the molecule is CCC(F)CCCSCC(=O)OCC(C)C. The van der Waals surface area contributed by atoms with Crippen molar-refractivity contribution in [3.05, 3.63) is 0 Å². The summed E-state index contributed by atoms with van der Waals surface area (Å²) in [6.45, 7) is 6.35. The summed E-state index contributed by atoms with van der Waals surface area (Å²) >= 11 is 1.52. The van der Waals surface area contributed by atoms with Crippen molar-refractivity contribution in [1.82, 2.24) is 0 Å². The van der Waals surface area contributed by atoms with E-state index in [1.54, 1.807) is 0 Å². The van der Waals surface area contributed by atoms with Crippen LogP contribution in [0.25, 0.3) is 0 Å². The Bertz CT molecular complexity index is 186. The second-order valence-electron chi connectivity index (χ2n) is 4.28. The Balaban J connectivity index is 3.28. The Kier molecular flexibility index (Phi) is 9.78. The third-order valence-electron chi connectivity index (χ3n) is 2.05. The van der Waals surface area contributed by atoms with Crippen molar-refractivity contribution in [3.63, 3.8) is 0 Å². The van der Waals surface area contributed by atoms with E-state index in [0.717, 1.165) is 12.2 Å². The first-order chi connectivity index (χ1) is 7.56. The molecule has 0 fully saturated rings. The van der Waals surface area contributed by atoms with Crippen molar-refractivity contribution in [2.45, 2.75) is 46.2 Å². The van der Waals surface area contributed by atoms with Crippen molar-refractivity contribution in [2.24, 2.45) is 5.92 Å². The number of thioether (sulfide) groups is 1. The van der Waals surface area contributed by atoms with Crippen LogP contribution in [-0.4, -0.2) is 30.3 Å². The molecule has 0 saturated carbocycles. The van der Waals surface area contributed by atoms with Crippen LogP contribution in [0.5, 0.6) is 0 Å². The van der Waals surface area contributed by atoms with E-state index in [1.807, 2.05) is 20.8 Å². The molecule has 0 aromatic heterocycles. The van der Waals surface area contributed by atoms with E-state index >= 15 is 0 Å². The summed E-state index contributed by atoms with van der Waals surface area (Å²) < 4.78 is 17.8. The highest BCUT2D eigenvalue weighted by Gasteiger charge is 2.05. The molecule has 0 bridgehead atoms. The molecule has 96 valence electrons. The summed E-state index contributed by atoms with van der Waals surface area (Å²) in [5.41, 5.74) is 0. The molecule has 0 heterocycles. The van der Waals surface area contributed by atoms with Crippen molar-refractivity contribution < 1.29 is 13.9 Å². The van der Waals surface area contributed by atoms with Crippen LogP contribution < -0.4 is 0 Å². The molecule has 1 atom stereocenters. The Labute approximate surface area is 102 Å². The molecule has 2 nitrogen and oxygen atoms in total. The van der Waals surface area contributed by atoms with Crippen LogP contribution in [-0.2, 0) is 9.53 Å². The third kappa shape index (κ3) is 10.3. The van der Waals surface area contributed by atoms with E-state index in [4.69, 9.17) is 4.74 Å². The lowest BCUT2D eigenvalue weighted by molar-refractivity contribution is -0.141. The molecule has 0 aliphatic heterocycles. The maximum absolute atomic E-state index is 12.8.